The lowest BCUT2D eigenvalue weighted by Gasteiger charge is -2.30. The molecule has 26 heavy (non-hydrogen) atoms. The molecule has 0 N–H and O–H groups in total. The summed E-state index contributed by atoms with van der Waals surface area (Å²) in [4.78, 5) is 13.8. The van der Waals surface area contributed by atoms with Crippen molar-refractivity contribution in [1.29, 1.82) is 0 Å². The van der Waals surface area contributed by atoms with Crippen molar-refractivity contribution in [3.8, 4) is 5.75 Å². The third-order valence-electron chi connectivity index (χ3n) is 4.34. The number of nitrogens with zero attached hydrogens (tertiary/aromatic N) is 1. The first-order chi connectivity index (χ1) is 12.3. The molecule has 0 aliphatic carbocycles. The molecule has 2 aromatic rings. The summed E-state index contributed by atoms with van der Waals surface area (Å²) in [5.41, 5.74) is 0.208. The normalized spacial score (nSPS) is 13.5. The van der Waals surface area contributed by atoms with Gasteiger partial charge >= 0.3 is 0 Å². The van der Waals surface area contributed by atoms with Crippen LogP contribution in [-0.2, 0) is 17.6 Å². The Balaban J connectivity index is 1.94. The van der Waals surface area contributed by atoms with E-state index in [0.29, 0.717) is 24.3 Å². The Hall–Kier alpha value is -2.64. The number of carbonyl (C=O) groups is 1. The van der Waals surface area contributed by atoms with Crippen LogP contribution in [0.1, 0.15) is 17.5 Å². The molecule has 0 unspecified atom stereocenters. The van der Waals surface area contributed by atoms with E-state index in [0.717, 1.165) is 5.56 Å². The van der Waals surface area contributed by atoms with Gasteiger partial charge < -0.3 is 9.64 Å². The van der Waals surface area contributed by atoms with Gasteiger partial charge in [-0.05, 0) is 36.6 Å². The quantitative estimate of drug-likeness (QED) is 0.465. The Morgan fingerprint density at radius 2 is 1.65 bits per heavy atom. The van der Waals surface area contributed by atoms with Crippen LogP contribution in [0, 0.1) is 29.1 Å². The van der Waals surface area contributed by atoms with E-state index in [-0.39, 0.29) is 6.54 Å². The summed E-state index contributed by atoms with van der Waals surface area (Å²) < 4.78 is 72.5. The number of hydrogen-bond acceptors (Lipinski definition) is 2. The van der Waals surface area contributed by atoms with Crippen LogP contribution < -0.4 is 9.64 Å². The fraction of sp³-hybridized carbons (Fsp3) is 0.278. The van der Waals surface area contributed by atoms with E-state index < -0.39 is 47.0 Å². The highest BCUT2D eigenvalue weighted by Crippen LogP contribution is 2.31. The van der Waals surface area contributed by atoms with Gasteiger partial charge in [0.1, 0.15) is 5.75 Å². The molecule has 1 heterocycles. The molecule has 138 valence electrons. The lowest BCUT2D eigenvalue weighted by atomic mass is 10.00. The molecular weight excluding hydrogens is 357 g/mol. The zero-order chi connectivity index (χ0) is 19.0. The average molecular weight is 371 g/mol. The number of carbonyl (C=O) groups excluding carboxylic acids is 1. The van der Waals surface area contributed by atoms with Crippen molar-refractivity contribution in [1.82, 2.24) is 0 Å². The van der Waals surface area contributed by atoms with E-state index in [1.54, 1.807) is 18.2 Å². The van der Waals surface area contributed by atoms with E-state index in [2.05, 4.69) is 0 Å². The number of halogens is 5. The van der Waals surface area contributed by atoms with Gasteiger partial charge in [-0.25, -0.2) is 22.0 Å². The van der Waals surface area contributed by atoms with Crippen LogP contribution in [0.3, 0.4) is 0 Å². The fourth-order valence-electron chi connectivity index (χ4n) is 3.01. The van der Waals surface area contributed by atoms with E-state index in [1.165, 1.54) is 12.0 Å². The zero-order valence-electron chi connectivity index (χ0n) is 13.7. The van der Waals surface area contributed by atoms with E-state index >= 15 is 0 Å². The van der Waals surface area contributed by atoms with Crippen LogP contribution in [-0.4, -0.2) is 19.6 Å². The van der Waals surface area contributed by atoms with E-state index in [4.69, 9.17) is 4.74 Å². The molecule has 0 saturated carbocycles. The van der Waals surface area contributed by atoms with Gasteiger partial charge in [0.05, 0.1) is 13.5 Å². The first-order valence-electron chi connectivity index (χ1n) is 7.82. The Bertz CT molecular complexity index is 855. The summed E-state index contributed by atoms with van der Waals surface area (Å²) in [7, 11) is 1.50. The summed E-state index contributed by atoms with van der Waals surface area (Å²) in [5.74, 6) is -10.5. The number of amides is 1. The van der Waals surface area contributed by atoms with Gasteiger partial charge in [0.15, 0.2) is 23.3 Å². The zero-order valence-corrected chi connectivity index (χ0v) is 13.7. The second-order valence-electron chi connectivity index (χ2n) is 5.87. The fourth-order valence-corrected chi connectivity index (χ4v) is 3.01. The van der Waals surface area contributed by atoms with Gasteiger partial charge in [-0.2, -0.15) is 0 Å². The first kappa shape index (κ1) is 18.2. The molecule has 2 aromatic carbocycles. The largest absolute Gasteiger partial charge is 0.497 e. The summed E-state index contributed by atoms with van der Waals surface area (Å²) >= 11 is 0. The summed E-state index contributed by atoms with van der Waals surface area (Å²) in [6.07, 6.45) is 0.346. The molecule has 3 rings (SSSR count). The minimum Gasteiger partial charge on any atom is -0.497 e. The average Bonchev–Trinajstić information content (AvgIpc) is 2.67. The minimum atomic E-state index is -2.24. The van der Waals surface area contributed by atoms with E-state index in [9.17, 15) is 26.7 Å². The SMILES string of the molecule is COc1ccc2c(c1)CCCN2C(=O)Cc1c(F)c(F)c(F)c(F)c1F. The highest BCUT2D eigenvalue weighted by molar-refractivity contribution is 5.96. The first-order valence-corrected chi connectivity index (χ1v) is 7.82. The van der Waals surface area contributed by atoms with Gasteiger partial charge in [0, 0.05) is 17.8 Å². The van der Waals surface area contributed by atoms with Gasteiger partial charge in [-0.3, -0.25) is 4.79 Å². The molecule has 0 atom stereocenters. The van der Waals surface area contributed by atoms with Crippen LogP contribution in [0.4, 0.5) is 27.6 Å². The van der Waals surface area contributed by atoms with Crippen molar-refractivity contribution in [2.24, 2.45) is 0 Å². The van der Waals surface area contributed by atoms with Crippen molar-refractivity contribution >= 4 is 11.6 Å². The van der Waals surface area contributed by atoms with Crippen LogP contribution >= 0.6 is 0 Å². The van der Waals surface area contributed by atoms with Crippen LogP contribution in [0.25, 0.3) is 0 Å². The number of methoxy groups -OCH3 is 1. The maximum Gasteiger partial charge on any atom is 0.231 e. The number of anilines is 1. The number of fused-ring (bicyclic) bond motifs is 1. The standard InChI is InChI=1S/C18H14F5NO2/c1-26-10-4-5-12-9(7-10)3-2-6-24(12)13(25)8-11-14(19)16(21)18(23)17(22)15(11)20/h4-5,7H,2-3,6,8H2,1H3. The Kier molecular flexibility index (Phi) is 4.84. The van der Waals surface area contributed by atoms with Crippen LogP contribution in [0.5, 0.6) is 5.75 Å². The van der Waals surface area contributed by atoms with Crippen molar-refractivity contribution in [2.45, 2.75) is 19.3 Å². The number of rotatable bonds is 3. The molecule has 1 aliphatic heterocycles. The minimum absolute atomic E-state index is 0.285. The van der Waals surface area contributed by atoms with Crippen LogP contribution in [0.2, 0.25) is 0 Å². The van der Waals surface area contributed by atoms with Gasteiger partial charge in [-0.1, -0.05) is 0 Å². The molecule has 0 saturated heterocycles. The summed E-state index contributed by atoms with van der Waals surface area (Å²) in [6, 6.07) is 5.00. The predicted molar refractivity (Wildman–Crippen MR) is 83.6 cm³/mol. The maximum atomic E-state index is 13.8. The van der Waals surface area contributed by atoms with Crippen molar-refractivity contribution < 1.29 is 31.5 Å². The van der Waals surface area contributed by atoms with E-state index in [1.807, 2.05) is 0 Å². The Labute approximate surface area is 146 Å². The smallest absolute Gasteiger partial charge is 0.231 e. The molecule has 3 nitrogen and oxygen atoms in total. The molecular formula is C18H14F5NO2. The number of hydrogen-bond donors (Lipinski definition) is 0. The monoisotopic (exact) mass is 371 g/mol. The third kappa shape index (κ3) is 3.00. The number of benzene rings is 2. The molecule has 0 radical (unpaired) electrons. The van der Waals surface area contributed by atoms with Crippen molar-refractivity contribution in [3.63, 3.8) is 0 Å². The van der Waals surface area contributed by atoms with Gasteiger partial charge in [0.2, 0.25) is 11.7 Å². The number of ether oxygens (including phenoxy) is 1. The molecule has 1 amide bonds. The lowest BCUT2D eigenvalue weighted by Crippen LogP contribution is -2.37. The predicted octanol–water partition coefficient (Wildman–Crippen LogP) is 3.91. The molecule has 8 heteroatoms. The molecule has 0 spiro atoms. The summed E-state index contributed by atoms with van der Waals surface area (Å²) in [5, 5.41) is 0. The molecule has 0 bridgehead atoms. The highest BCUT2D eigenvalue weighted by Gasteiger charge is 2.30. The van der Waals surface area contributed by atoms with Crippen molar-refractivity contribution in [2.75, 3.05) is 18.6 Å². The Morgan fingerprint density at radius 1 is 1.04 bits per heavy atom. The van der Waals surface area contributed by atoms with Gasteiger partial charge in [-0.15, -0.1) is 0 Å². The second kappa shape index (κ2) is 6.93. The van der Waals surface area contributed by atoms with Crippen molar-refractivity contribution in [3.05, 3.63) is 58.4 Å². The Morgan fingerprint density at radius 3 is 2.27 bits per heavy atom. The number of aryl methyl sites for hydroxylation is 1. The van der Waals surface area contributed by atoms with Crippen LogP contribution in [0.15, 0.2) is 18.2 Å². The molecule has 1 aliphatic rings. The third-order valence-corrected chi connectivity index (χ3v) is 4.34. The molecule has 0 aromatic heterocycles. The lowest BCUT2D eigenvalue weighted by molar-refractivity contribution is -0.118. The molecule has 0 fully saturated rings. The highest BCUT2D eigenvalue weighted by atomic mass is 19.2. The second-order valence-corrected chi connectivity index (χ2v) is 5.87. The van der Waals surface area contributed by atoms with Gasteiger partial charge in [0.25, 0.3) is 0 Å². The summed E-state index contributed by atoms with van der Waals surface area (Å²) in [6.45, 7) is 0.285. The topological polar surface area (TPSA) is 29.5 Å². The maximum absolute atomic E-state index is 13.8.